The van der Waals surface area contributed by atoms with E-state index in [-0.39, 0.29) is 12.3 Å². The summed E-state index contributed by atoms with van der Waals surface area (Å²) in [6.07, 6.45) is 6.59. The number of methoxy groups -OCH3 is 1. The monoisotopic (exact) mass is 515 g/mol. The molecule has 0 radical (unpaired) electrons. The van der Waals surface area contributed by atoms with Gasteiger partial charge in [0.25, 0.3) is 5.91 Å². The second kappa shape index (κ2) is 12.3. The van der Waals surface area contributed by atoms with E-state index in [0.717, 1.165) is 22.9 Å². The highest BCUT2D eigenvalue weighted by atomic mass is 79.9. The maximum Gasteiger partial charge on any atom is 0.303 e. The Morgan fingerprint density at radius 1 is 1.30 bits per heavy atom. The van der Waals surface area contributed by atoms with Crippen molar-refractivity contribution in [2.45, 2.75) is 45.4 Å². The summed E-state index contributed by atoms with van der Waals surface area (Å²) in [6.45, 7) is 3.08. The van der Waals surface area contributed by atoms with E-state index in [4.69, 9.17) is 26.8 Å². The van der Waals surface area contributed by atoms with E-state index in [9.17, 15) is 9.59 Å². The van der Waals surface area contributed by atoms with Crippen LogP contribution in [0.2, 0.25) is 0 Å². The molecule has 1 amide bonds. The van der Waals surface area contributed by atoms with Crippen molar-refractivity contribution in [1.29, 1.82) is 0 Å². The molecule has 0 aromatic heterocycles. The molecule has 0 atom stereocenters. The van der Waals surface area contributed by atoms with Gasteiger partial charge in [-0.2, -0.15) is 0 Å². The van der Waals surface area contributed by atoms with Gasteiger partial charge in [0, 0.05) is 13.0 Å². The number of thioether (sulfide) groups is 1. The first-order valence-corrected chi connectivity index (χ1v) is 11.9. The van der Waals surface area contributed by atoms with Crippen LogP contribution in [0.25, 0.3) is 6.08 Å². The number of aliphatic carboxylic acids is 1. The molecule has 0 saturated carbocycles. The van der Waals surface area contributed by atoms with Crippen molar-refractivity contribution in [3.05, 3.63) is 27.1 Å². The zero-order valence-corrected chi connectivity index (χ0v) is 20.3. The number of hydrogen-bond donors (Lipinski definition) is 1. The van der Waals surface area contributed by atoms with Crippen molar-refractivity contribution in [2.24, 2.45) is 0 Å². The normalized spacial score (nSPS) is 15.2. The SMILES string of the molecule is CCCCCCOc1c(Br)cc(/C=C2\SC(=S)N(CCCC(=O)O)C2=O)cc1OC. The topological polar surface area (TPSA) is 76.1 Å². The number of carbonyl (C=O) groups is 2. The predicted octanol–water partition coefficient (Wildman–Crippen LogP) is 5.48. The molecule has 1 N–H and O–H groups in total. The molecule has 0 aliphatic carbocycles. The predicted molar refractivity (Wildman–Crippen MR) is 127 cm³/mol. The Morgan fingerprint density at radius 2 is 2.07 bits per heavy atom. The number of ether oxygens (including phenoxy) is 2. The van der Waals surface area contributed by atoms with Gasteiger partial charge in [0.05, 0.1) is 23.1 Å². The number of amides is 1. The molecule has 0 unspecified atom stereocenters. The highest BCUT2D eigenvalue weighted by molar-refractivity contribution is 9.10. The molecule has 6 nitrogen and oxygen atoms in total. The Morgan fingerprint density at radius 3 is 2.73 bits per heavy atom. The van der Waals surface area contributed by atoms with E-state index >= 15 is 0 Å². The largest absolute Gasteiger partial charge is 0.493 e. The van der Waals surface area contributed by atoms with Gasteiger partial charge >= 0.3 is 5.97 Å². The maximum atomic E-state index is 12.7. The molecule has 1 aromatic carbocycles. The van der Waals surface area contributed by atoms with E-state index in [1.54, 1.807) is 13.2 Å². The Balaban J connectivity index is 2.11. The molecule has 1 aliphatic rings. The zero-order valence-electron chi connectivity index (χ0n) is 17.1. The van der Waals surface area contributed by atoms with Crippen LogP contribution < -0.4 is 9.47 Å². The summed E-state index contributed by atoms with van der Waals surface area (Å²) < 4.78 is 12.6. The van der Waals surface area contributed by atoms with Gasteiger partial charge in [0.1, 0.15) is 4.32 Å². The van der Waals surface area contributed by atoms with Crippen molar-refractivity contribution in [2.75, 3.05) is 20.3 Å². The van der Waals surface area contributed by atoms with Gasteiger partial charge < -0.3 is 14.6 Å². The van der Waals surface area contributed by atoms with Crippen LogP contribution in [0.5, 0.6) is 11.5 Å². The number of thiocarbonyl (C=S) groups is 1. The smallest absolute Gasteiger partial charge is 0.303 e. The lowest BCUT2D eigenvalue weighted by Gasteiger charge is -2.14. The van der Waals surface area contributed by atoms with Gasteiger partial charge in [-0.1, -0.05) is 50.2 Å². The van der Waals surface area contributed by atoms with Gasteiger partial charge in [-0.25, -0.2) is 0 Å². The van der Waals surface area contributed by atoms with Crippen molar-refractivity contribution in [3.8, 4) is 11.5 Å². The maximum absolute atomic E-state index is 12.7. The van der Waals surface area contributed by atoms with Crippen LogP contribution in [-0.4, -0.2) is 46.5 Å². The first-order chi connectivity index (χ1) is 14.4. The number of carboxylic acids is 1. The number of nitrogens with zero attached hydrogens (tertiary/aromatic N) is 1. The zero-order chi connectivity index (χ0) is 22.1. The summed E-state index contributed by atoms with van der Waals surface area (Å²) in [5.41, 5.74) is 0.781. The van der Waals surface area contributed by atoms with E-state index in [0.29, 0.717) is 40.3 Å². The molecule has 1 heterocycles. The van der Waals surface area contributed by atoms with Crippen molar-refractivity contribution < 1.29 is 24.2 Å². The van der Waals surface area contributed by atoms with E-state index in [2.05, 4.69) is 22.9 Å². The summed E-state index contributed by atoms with van der Waals surface area (Å²) >= 11 is 10.0. The Bertz CT molecular complexity index is 828. The van der Waals surface area contributed by atoms with Crippen LogP contribution in [0.15, 0.2) is 21.5 Å². The Kier molecular flexibility index (Phi) is 10.1. The minimum Gasteiger partial charge on any atom is -0.493 e. The number of carboxylic acid groups (broad SMARTS) is 1. The van der Waals surface area contributed by atoms with E-state index in [1.807, 2.05) is 12.1 Å². The Labute approximate surface area is 195 Å². The minimum absolute atomic E-state index is 0.000159. The molecule has 30 heavy (non-hydrogen) atoms. The summed E-state index contributed by atoms with van der Waals surface area (Å²) in [5, 5.41) is 8.78. The molecule has 9 heteroatoms. The number of hydrogen-bond acceptors (Lipinski definition) is 6. The number of rotatable bonds is 12. The first-order valence-electron chi connectivity index (χ1n) is 9.84. The fourth-order valence-corrected chi connectivity index (χ4v) is 4.78. The molecule has 1 saturated heterocycles. The highest BCUT2D eigenvalue weighted by Crippen LogP contribution is 2.39. The first kappa shape index (κ1) is 24.7. The number of benzene rings is 1. The molecule has 1 aromatic rings. The summed E-state index contributed by atoms with van der Waals surface area (Å²) in [7, 11) is 1.58. The second-order valence-corrected chi connectivity index (χ2v) is 9.30. The van der Waals surface area contributed by atoms with Gasteiger partial charge in [-0.3, -0.25) is 14.5 Å². The van der Waals surface area contributed by atoms with Crippen LogP contribution >= 0.6 is 39.9 Å². The quantitative estimate of drug-likeness (QED) is 0.224. The summed E-state index contributed by atoms with van der Waals surface area (Å²) in [5.74, 6) is 0.137. The molecule has 0 spiro atoms. The number of halogens is 1. The lowest BCUT2D eigenvalue weighted by Crippen LogP contribution is -2.29. The van der Waals surface area contributed by atoms with Crippen molar-refractivity contribution >= 4 is 62.2 Å². The van der Waals surface area contributed by atoms with Gasteiger partial charge in [0.2, 0.25) is 0 Å². The van der Waals surface area contributed by atoms with Crippen LogP contribution in [-0.2, 0) is 9.59 Å². The van der Waals surface area contributed by atoms with Crippen LogP contribution in [0.4, 0.5) is 0 Å². The van der Waals surface area contributed by atoms with Crippen LogP contribution in [0.3, 0.4) is 0 Å². The molecular weight excluding hydrogens is 490 g/mol. The number of unbranched alkanes of at least 4 members (excludes halogenated alkanes) is 3. The highest BCUT2D eigenvalue weighted by Gasteiger charge is 2.31. The summed E-state index contributed by atoms with van der Waals surface area (Å²) in [4.78, 5) is 25.3. The third-order valence-electron chi connectivity index (χ3n) is 4.44. The fraction of sp³-hybridized carbons (Fsp3) is 0.476. The lowest BCUT2D eigenvalue weighted by molar-refractivity contribution is -0.137. The van der Waals surface area contributed by atoms with E-state index in [1.165, 1.54) is 29.5 Å². The van der Waals surface area contributed by atoms with Crippen molar-refractivity contribution in [1.82, 2.24) is 4.90 Å². The second-order valence-electron chi connectivity index (χ2n) is 6.77. The average Bonchev–Trinajstić information content (AvgIpc) is 2.95. The molecule has 0 bridgehead atoms. The molecule has 1 aliphatic heterocycles. The minimum atomic E-state index is -0.888. The van der Waals surface area contributed by atoms with Gasteiger partial charge in [-0.15, -0.1) is 0 Å². The Hall–Kier alpha value is -1.58. The lowest BCUT2D eigenvalue weighted by atomic mass is 10.1. The van der Waals surface area contributed by atoms with E-state index < -0.39 is 5.97 Å². The molecule has 164 valence electrons. The summed E-state index contributed by atoms with van der Waals surface area (Å²) in [6, 6.07) is 3.70. The molecular formula is C21H26BrNO5S2. The van der Waals surface area contributed by atoms with Crippen LogP contribution in [0.1, 0.15) is 51.0 Å². The third kappa shape index (κ3) is 6.99. The third-order valence-corrected chi connectivity index (χ3v) is 6.41. The van der Waals surface area contributed by atoms with Crippen LogP contribution in [0, 0.1) is 0 Å². The molecule has 1 fully saturated rings. The van der Waals surface area contributed by atoms with Gasteiger partial charge in [-0.05, 0) is 52.5 Å². The standard InChI is InChI=1S/C21H26BrNO5S2/c1-3-4-5-6-10-28-19-15(22)11-14(12-16(19)27-2)13-17-20(26)23(21(29)30-17)9-7-8-18(24)25/h11-13H,3-10H2,1-2H3,(H,24,25)/b17-13-. The fourth-order valence-electron chi connectivity index (χ4n) is 2.90. The molecule has 2 rings (SSSR count). The van der Waals surface area contributed by atoms with Crippen molar-refractivity contribution in [3.63, 3.8) is 0 Å². The number of carbonyl (C=O) groups excluding carboxylic acids is 1. The average molecular weight is 516 g/mol. The van der Waals surface area contributed by atoms with Gasteiger partial charge in [0.15, 0.2) is 11.5 Å².